The predicted octanol–water partition coefficient (Wildman–Crippen LogP) is 0.970. The molecule has 7 nitrogen and oxygen atoms in total. The van der Waals surface area contributed by atoms with Gasteiger partial charge in [0.15, 0.2) is 0 Å². The molecule has 0 aromatic heterocycles. The largest absolute Gasteiger partial charge is 0.495 e. The van der Waals surface area contributed by atoms with Gasteiger partial charge >= 0.3 is 6.03 Å². The second kappa shape index (κ2) is 5.68. The lowest BCUT2D eigenvalue weighted by Gasteiger charge is -2.17. The van der Waals surface area contributed by atoms with E-state index in [0.717, 1.165) is 12.8 Å². The number of carbonyl (C=O) groups excluding carboxylic acids is 1. The van der Waals surface area contributed by atoms with Crippen LogP contribution in [-0.2, 0) is 10.0 Å². The van der Waals surface area contributed by atoms with Crippen molar-refractivity contribution in [1.82, 2.24) is 4.90 Å². The van der Waals surface area contributed by atoms with Gasteiger partial charge in [-0.3, -0.25) is 0 Å². The number of methoxy groups -OCH3 is 1. The number of primary sulfonamides is 1. The molecule has 0 unspecified atom stereocenters. The molecule has 1 aliphatic rings. The van der Waals surface area contributed by atoms with Crippen LogP contribution in [0, 0.1) is 0 Å². The summed E-state index contributed by atoms with van der Waals surface area (Å²) in [7, 11) is -2.56. The number of ether oxygens (including phenoxy) is 1. The Balaban J connectivity index is 2.23. The van der Waals surface area contributed by atoms with Crippen LogP contribution in [0.15, 0.2) is 23.1 Å². The molecule has 1 heterocycles. The van der Waals surface area contributed by atoms with E-state index >= 15 is 0 Å². The number of likely N-dealkylation sites (tertiary alicyclic amines) is 1. The third kappa shape index (κ3) is 3.20. The minimum Gasteiger partial charge on any atom is -0.495 e. The number of anilines is 1. The number of nitrogens with two attached hydrogens (primary N) is 1. The topological polar surface area (TPSA) is 102 Å². The Morgan fingerprint density at radius 3 is 2.55 bits per heavy atom. The molecule has 2 amide bonds. The van der Waals surface area contributed by atoms with Crippen molar-refractivity contribution >= 4 is 21.7 Å². The Hall–Kier alpha value is -1.80. The van der Waals surface area contributed by atoms with Gasteiger partial charge in [0, 0.05) is 18.8 Å². The van der Waals surface area contributed by atoms with Crippen molar-refractivity contribution in [2.75, 3.05) is 25.5 Å². The van der Waals surface area contributed by atoms with E-state index in [0.29, 0.717) is 18.8 Å². The van der Waals surface area contributed by atoms with E-state index in [4.69, 9.17) is 9.88 Å². The van der Waals surface area contributed by atoms with Crippen molar-refractivity contribution < 1.29 is 17.9 Å². The standard InChI is InChI=1S/C12H17N3O4S/c1-19-10-5-4-9(8-11(10)20(13,17)18)14-12(16)15-6-2-3-7-15/h4-5,8H,2-3,6-7H2,1H3,(H,14,16)(H2,13,17,18). The zero-order valence-electron chi connectivity index (χ0n) is 11.1. The third-order valence-electron chi connectivity index (χ3n) is 3.11. The maximum Gasteiger partial charge on any atom is 0.321 e. The van der Waals surface area contributed by atoms with E-state index < -0.39 is 10.0 Å². The molecule has 2 rings (SSSR count). The Bertz CT molecular complexity index is 609. The highest BCUT2D eigenvalue weighted by atomic mass is 32.2. The first-order chi connectivity index (χ1) is 9.41. The summed E-state index contributed by atoms with van der Waals surface area (Å²) < 4.78 is 27.9. The number of sulfonamides is 1. The average Bonchev–Trinajstić information content (AvgIpc) is 2.91. The van der Waals surface area contributed by atoms with Crippen LogP contribution in [0.25, 0.3) is 0 Å². The Morgan fingerprint density at radius 2 is 2.00 bits per heavy atom. The Kier molecular flexibility index (Phi) is 4.15. The molecular weight excluding hydrogens is 282 g/mol. The van der Waals surface area contributed by atoms with Gasteiger partial charge in [-0.2, -0.15) is 0 Å². The number of hydrogen-bond donors (Lipinski definition) is 2. The van der Waals surface area contributed by atoms with Crippen LogP contribution in [0.1, 0.15) is 12.8 Å². The van der Waals surface area contributed by atoms with E-state index in [2.05, 4.69) is 5.32 Å². The van der Waals surface area contributed by atoms with E-state index in [1.807, 2.05) is 0 Å². The van der Waals surface area contributed by atoms with Crippen LogP contribution < -0.4 is 15.2 Å². The van der Waals surface area contributed by atoms with Gasteiger partial charge in [-0.05, 0) is 31.0 Å². The number of benzene rings is 1. The van der Waals surface area contributed by atoms with Crippen LogP contribution in [0.3, 0.4) is 0 Å². The van der Waals surface area contributed by atoms with Crippen LogP contribution in [0.5, 0.6) is 5.75 Å². The molecule has 8 heteroatoms. The van der Waals surface area contributed by atoms with E-state index in [9.17, 15) is 13.2 Å². The molecule has 0 spiro atoms. The molecule has 20 heavy (non-hydrogen) atoms. The molecule has 0 saturated carbocycles. The molecule has 1 aromatic rings. The smallest absolute Gasteiger partial charge is 0.321 e. The monoisotopic (exact) mass is 299 g/mol. The molecule has 110 valence electrons. The van der Waals surface area contributed by atoms with E-state index in [1.54, 1.807) is 11.0 Å². The highest BCUT2D eigenvalue weighted by Crippen LogP contribution is 2.26. The molecular formula is C12H17N3O4S. The molecule has 0 radical (unpaired) electrons. The average molecular weight is 299 g/mol. The number of nitrogens with zero attached hydrogens (tertiary/aromatic N) is 1. The molecule has 0 atom stereocenters. The highest BCUT2D eigenvalue weighted by Gasteiger charge is 2.20. The fraction of sp³-hybridized carbons (Fsp3) is 0.417. The molecule has 0 bridgehead atoms. The molecule has 1 fully saturated rings. The summed E-state index contributed by atoms with van der Waals surface area (Å²) in [5.41, 5.74) is 0.367. The first-order valence-corrected chi connectivity index (χ1v) is 7.73. The number of hydrogen-bond acceptors (Lipinski definition) is 4. The molecule has 3 N–H and O–H groups in total. The van der Waals surface area contributed by atoms with Crippen molar-refractivity contribution in [2.24, 2.45) is 5.14 Å². The lowest BCUT2D eigenvalue weighted by molar-refractivity contribution is 0.222. The third-order valence-corrected chi connectivity index (χ3v) is 4.05. The van der Waals surface area contributed by atoms with Crippen molar-refractivity contribution in [3.8, 4) is 5.75 Å². The highest BCUT2D eigenvalue weighted by molar-refractivity contribution is 7.89. The summed E-state index contributed by atoms with van der Waals surface area (Å²) in [6.45, 7) is 1.42. The van der Waals surface area contributed by atoms with E-state index in [-0.39, 0.29) is 16.7 Å². The van der Waals surface area contributed by atoms with Crippen LogP contribution in [0.2, 0.25) is 0 Å². The minimum atomic E-state index is -3.91. The summed E-state index contributed by atoms with van der Waals surface area (Å²) in [5.74, 6) is 0.145. The molecule has 1 aromatic carbocycles. The normalized spacial score (nSPS) is 15.2. The van der Waals surface area contributed by atoms with Crippen LogP contribution >= 0.6 is 0 Å². The van der Waals surface area contributed by atoms with E-state index in [1.165, 1.54) is 19.2 Å². The van der Waals surface area contributed by atoms with Gasteiger partial charge in [0.25, 0.3) is 0 Å². The second-order valence-electron chi connectivity index (χ2n) is 4.53. The lowest BCUT2D eigenvalue weighted by atomic mass is 10.3. The van der Waals surface area contributed by atoms with Gasteiger partial charge in [0.05, 0.1) is 7.11 Å². The second-order valence-corrected chi connectivity index (χ2v) is 6.06. The number of rotatable bonds is 3. The van der Waals surface area contributed by atoms with Gasteiger partial charge in [0.1, 0.15) is 10.6 Å². The summed E-state index contributed by atoms with van der Waals surface area (Å²) in [4.78, 5) is 13.5. The number of amides is 2. The van der Waals surface area contributed by atoms with Gasteiger partial charge in [-0.1, -0.05) is 0 Å². The van der Waals surface area contributed by atoms with Crippen molar-refractivity contribution in [1.29, 1.82) is 0 Å². The summed E-state index contributed by atoms with van der Waals surface area (Å²) >= 11 is 0. The van der Waals surface area contributed by atoms with Crippen molar-refractivity contribution in [2.45, 2.75) is 17.7 Å². The van der Waals surface area contributed by atoms with Crippen LogP contribution in [0.4, 0.5) is 10.5 Å². The lowest BCUT2D eigenvalue weighted by Crippen LogP contribution is -2.32. The quantitative estimate of drug-likeness (QED) is 0.868. The molecule has 0 aliphatic carbocycles. The maximum absolute atomic E-state index is 11.9. The summed E-state index contributed by atoms with van der Waals surface area (Å²) in [5, 5.41) is 7.78. The van der Waals surface area contributed by atoms with Gasteiger partial charge in [0.2, 0.25) is 10.0 Å². The molecule has 1 saturated heterocycles. The summed E-state index contributed by atoms with van der Waals surface area (Å²) in [6, 6.07) is 4.08. The van der Waals surface area contributed by atoms with Gasteiger partial charge in [-0.25, -0.2) is 18.4 Å². The fourth-order valence-corrected chi connectivity index (χ4v) is 2.82. The molecule has 1 aliphatic heterocycles. The van der Waals surface area contributed by atoms with Crippen molar-refractivity contribution in [3.63, 3.8) is 0 Å². The summed E-state index contributed by atoms with van der Waals surface area (Å²) in [6.07, 6.45) is 1.97. The van der Waals surface area contributed by atoms with Gasteiger partial charge in [-0.15, -0.1) is 0 Å². The first kappa shape index (κ1) is 14.6. The zero-order valence-corrected chi connectivity index (χ0v) is 11.9. The maximum atomic E-state index is 11.9. The zero-order chi connectivity index (χ0) is 14.8. The first-order valence-electron chi connectivity index (χ1n) is 6.18. The van der Waals surface area contributed by atoms with Crippen molar-refractivity contribution in [3.05, 3.63) is 18.2 Å². The number of urea groups is 1. The fourth-order valence-electron chi connectivity index (χ4n) is 2.10. The number of nitrogens with one attached hydrogen (secondary N) is 1. The number of carbonyl (C=O) groups is 1. The Labute approximate surface area is 117 Å². The Morgan fingerprint density at radius 1 is 1.35 bits per heavy atom. The SMILES string of the molecule is COc1ccc(NC(=O)N2CCCC2)cc1S(N)(=O)=O. The predicted molar refractivity (Wildman–Crippen MR) is 74.2 cm³/mol. The minimum absolute atomic E-state index is 0.145. The van der Waals surface area contributed by atoms with Gasteiger partial charge < -0.3 is 15.0 Å². The van der Waals surface area contributed by atoms with Crippen LogP contribution in [-0.4, -0.2) is 39.5 Å².